The van der Waals surface area contributed by atoms with Gasteiger partial charge in [0, 0.05) is 6.61 Å². The molecule has 1 aromatic rings. The van der Waals surface area contributed by atoms with E-state index < -0.39 is 0 Å². The van der Waals surface area contributed by atoms with Crippen molar-refractivity contribution in [2.45, 2.75) is 60.0 Å². The maximum Gasteiger partial charge on any atom is 0.101 e. The molecule has 0 aromatic heterocycles. The van der Waals surface area contributed by atoms with Gasteiger partial charge in [-0.25, -0.2) is 0 Å². The summed E-state index contributed by atoms with van der Waals surface area (Å²) in [5.41, 5.74) is 2.67. The second kappa shape index (κ2) is 9.80. The first-order chi connectivity index (χ1) is 8.77. The Bertz CT molecular complexity index is 366. The van der Waals surface area contributed by atoms with Crippen LogP contribution in [0.1, 0.15) is 71.1 Å². The summed E-state index contributed by atoms with van der Waals surface area (Å²) < 4.78 is 5.84. The second-order valence-electron chi connectivity index (χ2n) is 4.69. The maximum atomic E-state index is 5.84. The van der Waals surface area contributed by atoms with Crippen LogP contribution in [-0.4, -0.2) is 6.61 Å². The number of allylic oxidation sites excluding steroid dienone is 1. The van der Waals surface area contributed by atoms with Crippen LogP contribution in [0.3, 0.4) is 0 Å². The number of hydrogen-bond acceptors (Lipinski definition) is 1. The fraction of sp³-hybridized carbons (Fsp3) is 0.556. The van der Waals surface area contributed by atoms with Crippen LogP contribution in [0, 0.1) is 0 Å². The van der Waals surface area contributed by atoms with Crippen molar-refractivity contribution in [3.8, 4) is 0 Å². The number of ether oxygens (including phenoxy) is 1. The van der Waals surface area contributed by atoms with E-state index in [2.05, 4.69) is 50.3 Å². The average molecular weight is 262 g/mol. The molecular formula is C18H30O. The standard InChI is InChI=1S/C15H20O.C2H6.CH4/c1-12(2)13-7-6-8-14(11-13)15-9-4-3-5-10-16-15;1-2;/h4,6-9,11-12,15H,3,5,10H2,1-2H3;1-2H3;1H4. The number of rotatable bonds is 2. The van der Waals surface area contributed by atoms with E-state index in [9.17, 15) is 0 Å². The Morgan fingerprint density at radius 3 is 2.63 bits per heavy atom. The van der Waals surface area contributed by atoms with Crippen molar-refractivity contribution in [1.82, 2.24) is 0 Å². The van der Waals surface area contributed by atoms with E-state index in [0.29, 0.717) is 5.92 Å². The topological polar surface area (TPSA) is 9.23 Å². The smallest absolute Gasteiger partial charge is 0.101 e. The molecule has 1 nitrogen and oxygen atoms in total. The van der Waals surface area contributed by atoms with Crippen molar-refractivity contribution >= 4 is 0 Å². The van der Waals surface area contributed by atoms with Gasteiger partial charge in [-0.05, 0) is 29.9 Å². The van der Waals surface area contributed by atoms with Crippen molar-refractivity contribution in [2.24, 2.45) is 0 Å². The summed E-state index contributed by atoms with van der Waals surface area (Å²) >= 11 is 0. The Morgan fingerprint density at radius 2 is 1.95 bits per heavy atom. The first-order valence-corrected chi connectivity index (χ1v) is 7.15. The summed E-state index contributed by atoms with van der Waals surface area (Å²) in [6, 6.07) is 8.75. The van der Waals surface area contributed by atoms with Crippen molar-refractivity contribution in [2.75, 3.05) is 6.61 Å². The number of benzene rings is 1. The molecule has 0 N–H and O–H groups in total. The molecule has 0 fully saturated rings. The summed E-state index contributed by atoms with van der Waals surface area (Å²) in [5, 5.41) is 0. The van der Waals surface area contributed by atoms with Gasteiger partial charge in [-0.15, -0.1) is 0 Å². The molecule has 2 rings (SSSR count). The van der Waals surface area contributed by atoms with E-state index in [1.807, 2.05) is 13.8 Å². The van der Waals surface area contributed by atoms with Crippen LogP contribution in [0.25, 0.3) is 0 Å². The summed E-state index contributed by atoms with van der Waals surface area (Å²) in [5.74, 6) is 0.578. The second-order valence-corrected chi connectivity index (χ2v) is 4.69. The summed E-state index contributed by atoms with van der Waals surface area (Å²) in [7, 11) is 0. The maximum absolute atomic E-state index is 5.84. The lowest BCUT2D eigenvalue weighted by atomic mass is 9.98. The third-order valence-corrected chi connectivity index (χ3v) is 3.03. The van der Waals surface area contributed by atoms with Crippen LogP contribution >= 0.6 is 0 Å². The minimum absolute atomic E-state index is 0. The SMILES string of the molecule is C.CC.CC(C)c1cccc(C2C=CCCCO2)c1. The van der Waals surface area contributed by atoms with Crippen molar-refractivity contribution in [1.29, 1.82) is 0 Å². The lowest BCUT2D eigenvalue weighted by Gasteiger charge is -2.15. The predicted molar refractivity (Wildman–Crippen MR) is 85.7 cm³/mol. The van der Waals surface area contributed by atoms with Crippen molar-refractivity contribution in [3.05, 3.63) is 47.5 Å². The third kappa shape index (κ3) is 5.61. The average Bonchev–Trinajstić information content (AvgIpc) is 2.70. The zero-order valence-corrected chi connectivity index (χ0v) is 12.1. The van der Waals surface area contributed by atoms with Crippen LogP contribution in [0.15, 0.2) is 36.4 Å². The van der Waals surface area contributed by atoms with Gasteiger partial charge in [-0.3, -0.25) is 0 Å². The fourth-order valence-electron chi connectivity index (χ4n) is 1.99. The van der Waals surface area contributed by atoms with E-state index in [-0.39, 0.29) is 13.5 Å². The van der Waals surface area contributed by atoms with Gasteiger partial charge < -0.3 is 4.74 Å². The van der Waals surface area contributed by atoms with E-state index in [1.165, 1.54) is 11.1 Å². The Balaban J connectivity index is 0.00000103. The van der Waals surface area contributed by atoms with E-state index in [4.69, 9.17) is 4.74 Å². The zero-order valence-electron chi connectivity index (χ0n) is 12.1. The Morgan fingerprint density at radius 1 is 1.21 bits per heavy atom. The van der Waals surface area contributed by atoms with Gasteiger partial charge in [0.25, 0.3) is 0 Å². The summed E-state index contributed by atoms with van der Waals surface area (Å²) in [6.07, 6.45) is 6.85. The quantitative estimate of drug-likeness (QED) is 0.605. The molecule has 1 aliphatic heterocycles. The molecule has 1 heteroatoms. The molecule has 0 amide bonds. The Hall–Kier alpha value is -1.08. The predicted octanol–water partition coefficient (Wildman–Crippen LogP) is 5.88. The van der Waals surface area contributed by atoms with Crippen LogP contribution < -0.4 is 0 Å². The largest absolute Gasteiger partial charge is 0.369 e. The Kier molecular flexibility index (Phi) is 9.24. The zero-order chi connectivity index (χ0) is 13.4. The third-order valence-electron chi connectivity index (χ3n) is 3.03. The monoisotopic (exact) mass is 262 g/mol. The van der Waals surface area contributed by atoms with Crippen LogP contribution in [0.5, 0.6) is 0 Å². The van der Waals surface area contributed by atoms with E-state index in [0.717, 1.165) is 19.4 Å². The molecule has 0 bridgehead atoms. The van der Waals surface area contributed by atoms with E-state index in [1.54, 1.807) is 0 Å². The first kappa shape index (κ1) is 17.9. The molecule has 0 aliphatic carbocycles. The van der Waals surface area contributed by atoms with Crippen LogP contribution in [0.4, 0.5) is 0 Å². The van der Waals surface area contributed by atoms with Crippen LogP contribution in [0.2, 0.25) is 0 Å². The Labute approximate surface area is 119 Å². The van der Waals surface area contributed by atoms with Gasteiger partial charge in [0.2, 0.25) is 0 Å². The summed E-state index contributed by atoms with van der Waals surface area (Å²) in [6.45, 7) is 9.31. The summed E-state index contributed by atoms with van der Waals surface area (Å²) in [4.78, 5) is 0. The minimum atomic E-state index is 0. The highest BCUT2D eigenvalue weighted by Gasteiger charge is 2.11. The minimum Gasteiger partial charge on any atom is -0.369 e. The molecule has 1 heterocycles. The van der Waals surface area contributed by atoms with Gasteiger partial charge >= 0.3 is 0 Å². The fourth-order valence-corrected chi connectivity index (χ4v) is 1.99. The molecule has 0 saturated heterocycles. The molecule has 0 saturated carbocycles. The first-order valence-electron chi connectivity index (χ1n) is 7.15. The normalized spacial score (nSPS) is 18.1. The molecular weight excluding hydrogens is 232 g/mol. The van der Waals surface area contributed by atoms with Crippen molar-refractivity contribution in [3.63, 3.8) is 0 Å². The molecule has 0 radical (unpaired) electrons. The molecule has 108 valence electrons. The molecule has 1 unspecified atom stereocenters. The number of hydrogen-bond donors (Lipinski definition) is 0. The van der Waals surface area contributed by atoms with Gasteiger partial charge in [0.05, 0.1) is 0 Å². The van der Waals surface area contributed by atoms with Gasteiger partial charge in [-0.1, -0.05) is 71.5 Å². The van der Waals surface area contributed by atoms with Crippen LogP contribution in [-0.2, 0) is 4.74 Å². The van der Waals surface area contributed by atoms with Crippen molar-refractivity contribution < 1.29 is 4.74 Å². The van der Waals surface area contributed by atoms with Gasteiger partial charge in [0.15, 0.2) is 0 Å². The molecule has 19 heavy (non-hydrogen) atoms. The van der Waals surface area contributed by atoms with Gasteiger partial charge in [0.1, 0.15) is 6.10 Å². The highest BCUT2D eigenvalue weighted by atomic mass is 16.5. The molecule has 1 aliphatic rings. The van der Waals surface area contributed by atoms with Gasteiger partial charge in [-0.2, -0.15) is 0 Å². The lowest BCUT2D eigenvalue weighted by Crippen LogP contribution is -2.02. The molecule has 1 atom stereocenters. The highest BCUT2D eigenvalue weighted by molar-refractivity contribution is 5.29. The highest BCUT2D eigenvalue weighted by Crippen LogP contribution is 2.25. The lowest BCUT2D eigenvalue weighted by molar-refractivity contribution is 0.0882. The molecule has 0 spiro atoms. The van der Waals surface area contributed by atoms with E-state index >= 15 is 0 Å². The molecule has 1 aromatic carbocycles.